The zero-order valence-corrected chi connectivity index (χ0v) is 13.5. The Morgan fingerprint density at radius 3 is 2.79 bits per heavy atom. The number of aliphatic hydroxyl groups excluding tert-OH is 1. The molecule has 2 aromatic rings. The van der Waals surface area contributed by atoms with Crippen molar-refractivity contribution < 1.29 is 14.4 Å². The molecule has 0 bridgehead atoms. The fourth-order valence-electron chi connectivity index (χ4n) is 3.04. The number of hydrogen-bond donors (Lipinski definition) is 1. The molecule has 2 heterocycles. The summed E-state index contributed by atoms with van der Waals surface area (Å²) in [4.78, 5) is 12.4. The molecule has 1 aromatic heterocycles. The lowest BCUT2D eigenvalue weighted by Gasteiger charge is -2.38. The van der Waals surface area contributed by atoms with E-state index >= 15 is 0 Å². The Kier molecular flexibility index (Phi) is 4.59. The normalized spacial score (nSPS) is 21.8. The number of nitro benzene ring substituents is 1. The number of likely N-dealkylation sites (tertiary alicyclic amines) is 1. The van der Waals surface area contributed by atoms with Gasteiger partial charge in [0.1, 0.15) is 0 Å². The van der Waals surface area contributed by atoms with Crippen LogP contribution in [0, 0.1) is 15.5 Å². The van der Waals surface area contributed by atoms with Crippen LogP contribution in [0.5, 0.6) is 0 Å². The number of piperidine rings is 1. The molecule has 1 aliphatic heterocycles. The third-order valence-electron chi connectivity index (χ3n) is 4.39. The molecule has 1 saturated heterocycles. The van der Waals surface area contributed by atoms with Crippen LogP contribution in [-0.2, 0) is 6.54 Å². The number of aromatic nitrogens is 2. The number of non-ortho nitro benzene ring substituents is 1. The molecule has 8 heteroatoms. The van der Waals surface area contributed by atoms with E-state index in [0.29, 0.717) is 23.9 Å². The number of nitrogens with zero attached hydrogens (tertiary/aromatic N) is 4. The summed E-state index contributed by atoms with van der Waals surface area (Å²) >= 11 is 0. The molecule has 1 N–H and O–H groups in total. The summed E-state index contributed by atoms with van der Waals surface area (Å²) in [7, 11) is 0. The second kappa shape index (κ2) is 6.66. The first-order valence-corrected chi connectivity index (χ1v) is 7.89. The van der Waals surface area contributed by atoms with E-state index in [-0.39, 0.29) is 17.7 Å². The van der Waals surface area contributed by atoms with Crippen molar-refractivity contribution in [1.82, 2.24) is 15.1 Å². The highest BCUT2D eigenvalue weighted by atomic mass is 16.6. The number of benzene rings is 1. The highest BCUT2D eigenvalue weighted by Gasteiger charge is 2.31. The molecule has 24 heavy (non-hydrogen) atoms. The van der Waals surface area contributed by atoms with E-state index in [4.69, 9.17) is 4.42 Å². The van der Waals surface area contributed by atoms with Gasteiger partial charge in [0.25, 0.3) is 5.69 Å². The third kappa shape index (κ3) is 3.60. The van der Waals surface area contributed by atoms with Gasteiger partial charge in [0.15, 0.2) is 0 Å². The van der Waals surface area contributed by atoms with Crippen LogP contribution in [0.1, 0.15) is 25.7 Å². The van der Waals surface area contributed by atoms with E-state index in [1.54, 1.807) is 12.1 Å². The quantitative estimate of drug-likeness (QED) is 0.661. The minimum atomic E-state index is -0.447. The molecule has 1 aliphatic rings. The smallest absolute Gasteiger partial charge is 0.269 e. The fraction of sp³-hybridized carbons (Fsp3) is 0.500. The highest BCUT2D eigenvalue weighted by Crippen LogP contribution is 2.29. The van der Waals surface area contributed by atoms with Crippen LogP contribution in [0.25, 0.3) is 11.5 Å². The lowest BCUT2D eigenvalue weighted by atomic mass is 9.83. The first-order valence-electron chi connectivity index (χ1n) is 7.89. The molecule has 0 radical (unpaired) electrons. The summed E-state index contributed by atoms with van der Waals surface area (Å²) in [6.07, 6.45) is 2.04. The number of nitro groups is 1. The maximum atomic E-state index is 10.7. The molecular formula is C16H20N4O4. The van der Waals surface area contributed by atoms with Gasteiger partial charge in [-0.15, -0.1) is 10.2 Å². The van der Waals surface area contributed by atoms with E-state index in [1.165, 1.54) is 12.1 Å². The average Bonchev–Trinajstić information content (AvgIpc) is 3.03. The van der Waals surface area contributed by atoms with E-state index in [1.807, 2.05) is 0 Å². The molecule has 0 spiro atoms. The molecular weight excluding hydrogens is 312 g/mol. The topological polar surface area (TPSA) is 106 Å². The Morgan fingerprint density at radius 1 is 1.38 bits per heavy atom. The summed E-state index contributed by atoms with van der Waals surface area (Å²) < 4.78 is 5.68. The van der Waals surface area contributed by atoms with Gasteiger partial charge in [0.2, 0.25) is 11.8 Å². The van der Waals surface area contributed by atoms with Gasteiger partial charge in [-0.1, -0.05) is 6.92 Å². The number of aliphatic hydroxyl groups is 1. The van der Waals surface area contributed by atoms with Gasteiger partial charge >= 0.3 is 0 Å². The van der Waals surface area contributed by atoms with Crippen LogP contribution in [-0.4, -0.2) is 44.8 Å². The van der Waals surface area contributed by atoms with Gasteiger partial charge < -0.3 is 9.52 Å². The highest BCUT2D eigenvalue weighted by molar-refractivity contribution is 5.55. The second-order valence-electron chi connectivity index (χ2n) is 6.59. The van der Waals surface area contributed by atoms with Crippen molar-refractivity contribution in [3.63, 3.8) is 0 Å². The van der Waals surface area contributed by atoms with Crippen molar-refractivity contribution in [3.05, 3.63) is 40.3 Å². The zero-order valence-electron chi connectivity index (χ0n) is 13.5. The van der Waals surface area contributed by atoms with Gasteiger partial charge in [-0.2, -0.15) is 0 Å². The van der Waals surface area contributed by atoms with Crippen LogP contribution in [0.2, 0.25) is 0 Å². The Bertz CT molecular complexity index is 715. The Balaban J connectivity index is 1.68. The predicted octanol–water partition coefficient (Wildman–Crippen LogP) is 2.24. The van der Waals surface area contributed by atoms with Gasteiger partial charge in [0, 0.05) is 36.3 Å². The van der Waals surface area contributed by atoms with Gasteiger partial charge in [-0.05, 0) is 31.5 Å². The minimum absolute atomic E-state index is 0.0232. The van der Waals surface area contributed by atoms with Crippen LogP contribution in [0.3, 0.4) is 0 Å². The van der Waals surface area contributed by atoms with Gasteiger partial charge in [-0.3, -0.25) is 15.0 Å². The second-order valence-corrected chi connectivity index (χ2v) is 6.59. The third-order valence-corrected chi connectivity index (χ3v) is 4.39. The SMILES string of the molecule is CC1(CO)CCCN(Cc2nnc(-c3ccc([N+](=O)[O-])cc3)o2)C1. The lowest BCUT2D eigenvalue weighted by molar-refractivity contribution is -0.384. The molecule has 3 rings (SSSR count). The van der Waals surface area contributed by atoms with E-state index in [0.717, 1.165) is 25.9 Å². The van der Waals surface area contributed by atoms with Crippen molar-refractivity contribution in [2.45, 2.75) is 26.3 Å². The van der Waals surface area contributed by atoms with Crippen molar-refractivity contribution in [1.29, 1.82) is 0 Å². The summed E-state index contributed by atoms with van der Waals surface area (Å²) in [6, 6.07) is 6.02. The van der Waals surface area contributed by atoms with Crippen molar-refractivity contribution in [2.75, 3.05) is 19.7 Å². The molecule has 1 fully saturated rings. The predicted molar refractivity (Wildman–Crippen MR) is 86.1 cm³/mol. The zero-order chi connectivity index (χ0) is 17.2. The molecule has 0 amide bonds. The Hall–Kier alpha value is -2.32. The van der Waals surface area contributed by atoms with Gasteiger partial charge in [-0.25, -0.2) is 0 Å². The summed E-state index contributed by atoms with van der Waals surface area (Å²) in [6.45, 7) is 4.51. The monoisotopic (exact) mass is 332 g/mol. The van der Waals surface area contributed by atoms with Crippen LogP contribution in [0.4, 0.5) is 5.69 Å². The molecule has 1 aromatic carbocycles. The van der Waals surface area contributed by atoms with Crippen LogP contribution < -0.4 is 0 Å². The first-order chi connectivity index (χ1) is 11.5. The lowest BCUT2D eigenvalue weighted by Crippen LogP contribution is -2.43. The molecule has 0 aliphatic carbocycles. The Labute approximate surface area is 139 Å². The first kappa shape index (κ1) is 16.5. The van der Waals surface area contributed by atoms with Crippen LogP contribution in [0.15, 0.2) is 28.7 Å². The number of hydrogen-bond acceptors (Lipinski definition) is 7. The van der Waals surface area contributed by atoms with Crippen LogP contribution >= 0.6 is 0 Å². The molecule has 128 valence electrons. The largest absolute Gasteiger partial charge is 0.419 e. The standard InChI is InChI=1S/C16H20N4O4/c1-16(11-21)7-2-8-19(10-16)9-14-17-18-15(24-14)12-3-5-13(6-4-12)20(22)23/h3-6,21H,2,7-11H2,1H3. The molecule has 8 nitrogen and oxygen atoms in total. The van der Waals surface area contributed by atoms with Crippen molar-refractivity contribution in [2.24, 2.45) is 5.41 Å². The summed E-state index contributed by atoms with van der Waals surface area (Å²) in [5.74, 6) is 0.854. The van der Waals surface area contributed by atoms with E-state index in [2.05, 4.69) is 22.0 Å². The summed E-state index contributed by atoms with van der Waals surface area (Å²) in [5, 5.41) is 28.3. The molecule has 1 unspecified atom stereocenters. The average molecular weight is 332 g/mol. The van der Waals surface area contributed by atoms with Crippen molar-refractivity contribution in [3.8, 4) is 11.5 Å². The Morgan fingerprint density at radius 2 is 2.12 bits per heavy atom. The maximum Gasteiger partial charge on any atom is 0.269 e. The van der Waals surface area contributed by atoms with Crippen molar-refractivity contribution >= 4 is 5.69 Å². The summed E-state index contributed by atoms with van der Waals surface area (Å²) in [5.41, 5.74) is 0.590. The fourth-order valence-corrected chi connectivity index (χ4v) is 3.04. The number of rotatable bonds is 5. The molecule has 0 saturated carbocycles. The van der Waals surface area contributed by atoms with E-state index < -0.39 is 4.92 Å². The molecule has 1 atom stereocenters. The van der Waals surface area contributed by atoms with E-state index in [9.17, 15) is 15.2 Å². The maximum absolute atomic E-state index is 10.7. The minimum Gasteiger partial charge on any atom is -0.419 e. The van der Waals surface area contributed by atoms with Gasteiger partial charge in [0.05, 0.1) is 11.5 Å².